The second kappa shape index (κ2) is 6.59. The molecule has 0 fully saturated rings. The average Bonchev–Trinajstić information content (AvgIpc) is 3.01. The van der Waals surface area contributed by atoms with Crippen LogP contribution < -0.4 is 0 Å². The summed E-state index contributed by atoms with van der Waals surface area (Å²) in [6.45, 7) is 0.0935. The Morgan fingerprint density at radius 1 is 1.08 bits per heavy atom. The molecule has 0 saturated carbocycles. The van der Waals surface area contributed by atoms with Crippen molar-refractivity contribution in [2.45, 2.75) is 6.10 Å². The molecule has 2 aromatic carbocycles. The van der Waals surface area contributed by atoms with Gasteiger partial charge in [0.1, 0.15) is 18.5 Å². The quantitative estimate of drug-likeness (QED) is 0.616. The lowest BCUT2D eigenvalue weighted by molar-refractivity contribution is 0.103. The van der Waals surface area contributed by atoms with E-state index in [9.17, 15) is 13.2 Å². The molecule has 1 aliphatic heterocycles. The molecule has 0 saturated heterocycles. The molecule has 0 radical (unpaired) electrons. The standard InChI is InChI=1S/C18H16O5S/c1-24(20,21)23-14-11-17(22-12-14)15-9-5-6-10-16(15)18(19)13-7-3-2-4-8-13/h2-11,14H,12H2,1H3/t14-/m1/s1. The molecular weight excluding hydrogens is 328 g/mol. The zero-order valence-corrected chi connectivity index (χ0v) is 13.8. The summed E-state index contributed by atoms with van der Waals surface area (Å²) in [5.41, 5.74) is 1.69. The van der Waals surface area contributed by atoms with Gasteiger partial charge >= 0.3 is 0 Å². The highest BCUT2D eigenvalue weighted by Crippen LogP contribution is 2.28. The fourth-order valence-electron chi connectivity index (χ4n) is 2.53. The lowest BCUT2D eigenvalue weighted by atomic mass is 9.97. The highest BCUT2D eigenvalue weighted by atomic mass is 32.2. The first-order valence-electron chi connectivity index (χ1n) is 7.36. The summed E-state index contributed by atoms with van der Waals surface area (Å²) in [5.74, 6) is 0.326. The van der Waals surface area contributed by atoms with Crippen LogP contribution in [0.5, 0.6) is 0 Å². The molecule has 6 heteroatoms. The third kappa shape index (κ3) is 3.72. The molecule has 1 aliphatic rings. The Morgan fingerprint density at radius 3 is 2.46 bits per heavy atom. The molecule has 3 rings (SSSR count). The van der Waals surface area contributed by atoms with Crippen LogP contribution >= 0.6 is 0 Å². The zero-order valence-electron chi connectivity index (χ0n) is 13.0. The number of ketones is 1. The molecule has 124 valence electrons. The van der Waals surface area contributed by atoms with Gasteiger partial charge < -0.3 is 4.74 Å². The van der Waals surface area contributed by atoms with Crippen LogP contribution in [-0.2, 0) is 19.0 Å². The van der Waals surface area contributed by atoms with Crippen molar-refractivity contribution in [2.75, 3.05) is 12.9 Å². The summed E-state index contributed by atoms with van der Waals surface area (Å²) in [5, 5.41) is 0. The van der Waals surface area contributed by atoms with E-state index in [0.29, 0.717) is 22.4 Å². The molecule has 5 nitrogen and oxygen atoms in total. The highest BCUT2D eigenvalue weighted by molar-refractivity contribution is 7.86. The minimum absolute atomic E-state index is 0.0935. The van der Waals surface area contributed by atoms with Gasteiger partial charge in [-0.15, -0.1) is 0 Å². The van der Waals surface area contributed by atoms with Gasteiger partial charge in [0.15, 0.2) is 5.78 Å². The summed E-state index contributed by atoms with van der Waals surface area (Å²) in [6.07, 6.45) is 1.89. The van der Waals surface area contributed by atoms with Crippen LogP contribution in [0.1, 0.15) is 21.5 Å². The minimum Gasteiger partial charge on any atom is -0.490 e. The smallest absolute Gasteiger partial charge is 0.265 e. The van der Waals surface area contributed by atoms with Gasteiger partial charge in [0.05, 0.1) is 6.26 Å². The third-order valence-electron chi connectivity index (χ3n) is 3.51. The maximum absolute atomic E-state index is 12.7. The lowest BCUT2D eigenvalue weighted by Gasteiger charge is -2.09. The average molecular weight is 344 g/mol. The van der Waals surface area contributed by atoms with Crippen molar-refractivity contribution in [1.29, 1.82) is 0 Å². The van der Waals surface area contributed by atoms with Gasteiger partial charge in [-0.3, -0.25) is 8.98 Å². The predicted molar refractivity (Wildman–Crippen MR) is 90.0 cm³/mol. The van der Waals surface area contributed by atoms with E-state index >= 15 is 0 Å². The number of ether oxygens (including phenoxy) is 1. The molecular formula is C18H16O5S. The van der Waals surface area contributed by atoms with Crippen LogP contribution in [0, 0.1) is 0 Å². The fourth-order valence-corrected chi connectivity index (χ4v) is 3.09. The van der Waals surface area contributed by atoms with Gasteiger partial charge in [0, 0.05) is 16.7 Å². The van der Waals surface area contributed by atoms with Crippen LogP contribution in [0.2, 0.25) is 0 Å². The van der Waals surface area contributed by atoms with E-state index in [-0.39, 0.29) is 12.4 Å². The topological polar surface area (TPSA) is 69.7 Å². The van der Waals surface area contributed by atoms with Crippen LogP contribution in [0.25, 0.3) is 5.76 Å². The van der Waals surface area contributed by atoms with Gasteiger partial charge in [-0.05, 0) is 6.08 Å². The maximum Gasteiger partial charge on any atom is 0.265 e. The monoisotopic (exact) mass is 344 g/mol. The minimum atomic E-state index is -3.57. The first-order chi connectivity index (χ1) is 11.4. The summed E-state index contributed by atoms with van der Waals surface area (Å²) >= 11 is 0. The number of hydrogen-bond acceptors (Lipinski definition) is 5. The van der Waals surface area contributed by atoms with Crippen molar-refractivity contribution in [2.24, 2.45) is 0 Å². The lowest BCUT2D eigenvalue weighted by Crippen LogP contribution is -2.16. The Morgan fingerprint density at radius 2 is 1.75 bits per heavy atom. The predicted octanol–water partition coefficient (Wildman–Crippen LogP) is 2.63. The molecule has 0 spiro atoms. The van der Waals surface area contributed by atoms with E-state index < -0.39 is 16.2 Å². The Balaban J connectivity index is 1.93. The van der Waals surface area contributed by atoms with Crippen LogP contribution in [0.4, 0.5) is 0 Å². The molecule has 0 amide bonds. The maximum atomic E-state index is 12.7. The van der Waals surface area contributed by atoms with Gasteiger partial charge in [-0.25, -0.2) is 0 Å². The van der Waals surface area contributed by atoms with Crippen molar-refractivity contribution >= 4 is 21.7 Å². The normalized spacial score (nSPS) is 17.2. The van der Waals surface area contributed by atoms with Crippen molar-refractivity contribution in [1.82, 2.24) is 0 Å². The molecule has 0 bridgehead atoms. The Hall–Kier alpha value is -2.44. The molecule has 0 unspecified atom stereocenters. The van der Waals surface area contributed by atoms with E-state index in [1.165, 1.54) is 0 Å². The Labute approximate surface area is 140 Å². The second-order valence-corrected chi connectivity index (χ2v) is 7.02. The number of carbonyl (C=O) groups excluding carboxylic acids is 1. The molecule has 0 aliphatic carbocycles. The van der Waals surface area contributed by atoms with E-state index in [1.54, 1.807) is 54.6 Å². The highest BCUT2D eigenvalue weighted by Gasteiger charge is 2.25. The number of rotatable bonds is 5. The van der Waals surface area contributed by atoms with Crippen molar-refractivity contribution in [3.8, 4) is 0 Å². The van der Waals surface area contributed by atoms with E-state index in [2.05, 4.69) is 0 Å². The Bertz CT molecular complexity index is 885. The largest absolute Gasteiger partial charge is 0.490 e. The summed E-state index contributed by atoms with van der Waals surface area (Å²) < 4.78 is 32.9. The molecule has 2 aromatic rings. The first-order valence-corrected chi connectivity index (χ1v) is 9.18. The van der Waals surface area contributed by atoms with Crippen LogP contribution in [0.3, 0.4) is 0 Å². The van der Waals surface area contributed by atoms with Crippen molar-refractivity contribution < 1.29 is 22.1 Å². The second-order valence-electron chi connectivity index (χ2n) is 5.42. The first kappa shape index (κ1) is 16.4. The SMILES string of the molecule is CS(=O)(=O)O[C@@H]1C=C(c2ccccc2C(=O)c2ccccc2)OC1. The van der Waals surface area contributed by atoms with Gasteiger partial charge in [0.2, 0.25) is 0 Å². The van der Waals surface area contributed by atoms with Crippen molar-refractivity contribution in [3.63, 3.8) is 0 Å². The van der Waals surface area contributed by atoms with Gasteiger partial charge in [0.25, 0.3) is 10.1 Å². The number of benzene rings is 2. The van der Waals surface area contributed by atoms with E-state index in [4.69, 9.17) is 8.92 Å². The summed E-state index contributed by atoms with van der Waals surface area (Å²) in [6, 6.07) is 16.0. The molecule has 1 heterocycles. The molecule has 24 heavy (non-hydrogen) atoms. The van der Waals surface area contributed by atoms with E-state index in [1.807, 2.05) is 6.07 Å². The van der Waals surface area contributed by atoms with Crippen LogP contribution in [-0.4, -0.2) is 33.2 Å². The number of carbonyl (C=O) groups is 1. The summed E-state index contributed by atoms with van der Waals surface area (Å²) in [4.78, 5) is 12.7. The van der Waals surface area contributed by atoms with Gasteiger partial charge in [-0.2, -0.15) is 8.42 Å². The van der Waals surface area contributed by atoms with Crippen molar-refractivity contribution in [3.05, 3.63) is 77.4 Å². The molecule has 0 aromatic heterocycles. The molecule has 0 N–H and O–H groups in total. The third-order valence-corrected chi connectivity index (χ3v) is 4.11. The van der Waals surface area contributed by atoms with Crippen LogP contribution in [0.15, 0.2) is 60.7 Å². The fraction of sp³-hybridized carbons (Fsp3) is 0.167. The Kier molecular flexibility index (Phi) is 4.51. The summed E-state index contributed by atoms with van der Waals surface area (Å²) in [7, 11) is -3.57. The van der Waals surface area contributed by atoms with E-state index in [0.717, 1.165) is 6.26 Å². The van der Waals surface area contributed by atoms with Gasteiger partial charge in [-0.1, -0.05) is 54.6 Å². The zero-order chi connectivity index (χ0) is 17.2. The molecule has 1 atom stereocenters. The number of hydrogen-bond donors (Lipinski definition) is 0.